The summed E-state index contributed by atoms with van der Waals surface area (Å²) in [7, 11) is 2.56. The summed E-state index contributed by atoms with van der Waals surface area (Å²) in [4.78, 5) is 36.9. The molecule has 2 fully saturated rings. The normalized spacial score (nSPS) is 32.1. The van der Waals surface area contributed by atoms with E-state index in [-0.39, 0.29) is 23.5 Å². The van der Waals surface area contributed by atoms with Gasteiger partial charge >= 0.3 is 11.9 Å². The topological polar surface area (TPSA) is 69.7 Å². The van der Waals surface area contributed by atoms with Crippen LogP contribution in [0.4, 0.5) is 0 Å². The molecule has 0 spiro atoms. The van der Waals surface area contributed by atoms with Crippen LogP contribution in [-0.4, -0.2) is 31.9 Å². The first-order chi connectivity index (χ1) is 9.48. The monoisotopic (exact) mass is 282 g/mol. The molecule has 0 aromatic carbocycles. The van der Waals surface area contributed by atoms with Crippen molar-refractivity contribution in [3.63, 3.8) is 0 Å². The van der Waals surface area contributed by atoms with Crippen LogP contribution >= 0.6 is 0 Å². The van der Waals surface area contributed by atoms with E-state index in [0.29, 0.717) is 25.7 Å². The Hall–Kier alpha value is -1.39. The Bertz CT molecular complexity index is 412. The molecule has 2 rings (SSSR count). The van der Waals surface area contributed by atoms with Crippen molar-refractivity contribution in [2.45, 2.75) is 39.0 Å². The molecule has 3 atom stereocenters. The van der Waals surface area contributed by atoms with Crippen molar-refractivity contribution in [1.29, 1.82) is 0 Å². The molecule has 112 valence electrons. The predicted octanol–water partition coefficient (Wildman–Crippen LogP) is 1.73. The minimum Gasteiger partial charge on any atom is -0.468 e. The molecule has 0 heterocycles. The van der Waals surface area contributed by atoms with Gasteiger partial charge in [-0.1, -0.05) is 6.92 Å². The molecular formula is C15H22O5. The highest BCUT2D eigenvalue weighted by atomic mass is 16.5. The molecular weight excluding hydrogens is 260 g/mol. The number of hydrogen-bond donors (Lipinski definition) is 0. The van der Waals surface area contributed by atoms with Gasteiger partial charge in [0.05, 0.1) is 14.2 Å². The van der Waals surface area contributed by atoms with Crippen molar-refractivity contribution < 1.29 is 23.9 Å². The average Bonchev–Trinajstić information content (AvgIpc) is 2.46. The fraction of sp³-hybridized carbons (Fsp3) is 0.800. The van der Waals surface area contributed by atoms with Gasteiger partial charge in [0.1, 0.15) is 5.78 Å². The molecule has 5 nitrogen and oxygen atoms in total. The molecule has 2 aliphatic rings. The molecule has 20 heavy (non-hydrogen) atoms. The molecule has 2 aliphatic carbocycles. The number of carbonyl (C=O) groups is 3. The van der Waals surface area contributed by atoms with Crippen molar-refractivity contribution >= 4 is 17.7 Å². The number of esters is 2. The summed E-state index contributed by atoms with van der Waals surface area (Å²) in [5.41, 5.74) is -1.29. The Morgan fingerprint density at radius 3 is 2.30 bits per heavy atom. The quantitative estimate of drug-likeness (QED) is 0.570. The third-order valence-corrected chi connectivity index (χ3v) is 5.08. The van der Waals surface area contributed by atoms with Gasteiger partial charge in [0.25, 0.3) is 0 Å². The molecule has 2 saturated carbocycles. The Labute approximate surface area is 119 Å². The van der Waals surface area contributed by atoms with Crippen LogP contribution < -0.4 is 0 Å². The highest BCUT2D eigenvalue weighted by Gasteiger charge is 2.61. The summed E-state index contributed by atoms with van der Waals surface area (Å²) in [6.45, 7) is 2.03. The second kappa shape index (κ2) is 5.54. The van der Waals surface area contributed by atoms with E-state index < -0.39 is 17.4 Å². The summed E-state index contributed by atoms with van der Waals surface area (Å²) in [6.07, 6.45) is 3.04. The molecule has 0 aromatic heterocycles. The van der Waals surface area contributed by atoms with E-state index in [2.05, 4.69) is 0 Å². The third-order valence-electron chi connectivity index (χ3n) is 5.08. The van der Waals surface area contributed by atoms with Crippen LogP contribution in [0.25, 0.3) is 0 Å². The fourth-order valence-electron chi connectivity index (χ4n) is 4.11. The van der Waals surface area contributed by atoms with Crippen LogP contribution in [0.15, 0.2) is 0 Å². The van der Waals surface area contributed by atoms with Crippen molar-refractivity contribution in [3.8, 4) is 0 Å². The van der Waals surface area contributed by atoms with Crippen LogP contribution in [0, 0.1) is 23.2 Å². The van der Waals surface area contributed by atoms with Crippen molar-refractivity contribution in [3.05, 3.63) is 0 Å². The molecule has 0 N–H and O–H groups in total. The van der Waals surface area contributed by atoms with E-state index >= 15 is 0 Å². The van der Waals surface area contributed by atoms with Crippen LogP contribution in [-0.2, 0) is 23.9 Å². The first kappa shape index (κ1) is 15.0. The first-order valence-electron chi connectivity index (χ1n) is 7.18. The number of rotatable bonds is 2. The highest BCUT2D eigenvalue weighted by Crippen LogP contribution is 2.53. The molecule has 0 saturated heterocycles. The van der Waals surface area contributed by atoms with Gasteiger partial charge in [-0.3, -0.25) is 14.4 Å². The smallest absolute Gasteiger partial charge is 0.323 e. The van der Waals surface area contributed by atoms with Crippen LogP contribution in [0.2, 0.25) is 0 Å². The second-order valence-corrected chi connectivity index (χ2v) is 5.96. The zero-order valence-electron chi connectivity index (χ0n) is 12.3. The lowest BCUT2D eigenvalue weighted by atomic mass is 9.54. The van der Waals surface area contributed by atoms with Crippen LogP contribution in [0.5, 0.6) is 0 Å². The third kappa shape index (κ3) is 2.03. The number of Topliss-reactive ketones (excluding diaryl/α,β-unsaturated/α-hetero) is 1. The molecule has 0 aliphatic heterocycles. The van der Waals surface area contributed by atoms with Gasteiger partial charge in [-0.15, -0.1) is 0 Å². The Balaban J connectivity index is 2.47. The molecule has 0 amide bonds. The van der Waals surface area contributed by atoms with E-state index in [9.17, 15) is 14.4 Å². The maximum atomic E-state index is 12.3. The molecule has 0 aromatic rings. The molecule has 0 radical (unpaired) electrons. The Morgan fingerprint density at radius 2 is 1.75 bits per heavy atom. The summed E-state index contributed by atoms with van der Waals surface area (Å²) in [6, 6.07) is 0. The summed E-state index contributed by atoms with van der Waals surface area (Å²) < 4.78 is 9.77. The molecule has 5 heteroatoms. The van der Waals surface area contributed by atoms with E-state index in [1.165, 1.54) is 14.2 Å². The van der Waals surface area contributed by atoms with Gasteiger partial charge in [-0.05, 0) is 37.5 Å². The van der Waals surface area contributed by atoms with E-state index in [1.54, 1.807) is 0 Å². The lowest BCUT2D eigenvalue weighted by Crippen LogP contribution is -2.56. The second-order valence-electron chi connectivity index (χ2n) is 5.96. The standard InChI is InChI=1S/C15H22O5/c1-9-7-8-15(13(17)19-2,14(18)20-3)10-5-4-6-11(16)12(9)10/h9-10,12H,4-8H2,1-3H3/t9-,10+,12+/m1/s1. The lowest BCUT2D eigenvalue weighted by Gasteiger charge is -2.48. The van der Waals surface area contributed by atoms with Gasteiger partial charge < -0.3 is 9.47 Å². The van der Waals surface area contributed by atoms with Crippen LogP contribution in [0.1, 0.15) is 39.0 Å². The highest BCUT2D eigenvalue weighted by molar-refractivity contribution is 6.01. The summed E-state index contributed by atoms with van der Waals surface area (Å²) in [5, 5.41) is 0. The molecule has 0 unspecified atom stereocenters. The zero-order valence-corrected chi connectivity index (χ0v) is 12.3. The SMILES string of the molecule is COC(=O)C1(C(=O)OC)CC[C@@H](C)[C@@H]2C(=O)CCC[C@@H]21. The number of ether oxygens (including phenoxy) is 2. The maximum absolute atomic E-state index is 12.3. The van der Waals surface area contributed by atoms with Gasteiger partial charge in [0.15, 0.2) is 5.41 Å². The number of ketones is 1. The number of carbonyl (C=O) groups excluding carboxylic acids is 3. The summed E-state index contributed by atoms with van der Waals surface area (Å²) in [5.74, 6) is -1.24. The summed E-state index contributed by atoms with van der Waals surface area (Å²) >= 11 is 0. The minimum atomic E-state index is -1.29. The van der Waals surface area contributed by atoms with Gasteiger partial charge in [-0.2, -0.15) is 0 Å². The van der Waals surface area contributed by atoms with Crippen molar-refractivity contribution in [2.24, 2.45) is 23.2 Å². The largest absolute Gasteiger partial charge is 0.468 e. The van der Waals surface area contributed by atoms with Gasteiger partial charge in [0, 0.05) is 12.3 Å². The first-order valence-corrected chi connectivity index (χ1v) is 7.18. The Kier molecular flexibility index (Phi) is 4.16. The zero-order chi connectivity index (χ0) is 14.9. The van der Waals surface area contributed by atoms with Crippen molar-refractivity contribution in [1.82, 2.24) is 0 Å². The predicted molar refractivity (Wildman–Crippen MR) is 70.7 cm³/mol. The lowest BCUT2D eigenvalue weighted by molar-refractivity contribution is -0.183. The number of hydrogen-bond acceptors (Lipinski definition) is 5. The van der Waals surface area contributed by atoms with E-state index in [0.717, 1.165) is 6.42 Å². The van der Waals surface area contributed by atoms with E-state index in [1.807, 2.05) is 6.92 Å². The number of methoxy groups -OCH3 is 2. The Morgan fingerprint density at radius 1 is 1.15 bits per heavy atom. The average molecular weight is 282 g/mol. The molecule has 0 bridgehead atoms. The van der Waals surface area contributed by atoms with E-state index in [4.69, 9.17) is 9.47 Å². The van der Waals surface area contributed by atoms with Crippen molar-refractivity contribution in [2.75, 3.05) is 14.2 Å². The van der Waals surface area contributed by atoms with Crippen LogP contribution in [0.3, 0.4) is 0 Å². The maximum Gasteiger partial charge on any atom is 0.323 e. The van der Waals surface area contributed by atoms with Gasteiger partial charge in [0.2, 0.25) is 0 Å². The van der Waals surface area contributed by atoms with Gasteiger partial charge in [-0.25, -0.2) is 0 Å². The fourth-order valence-corrected chi connectivity index (χ4v) is 4.11. The minimum absolute atomic E-state index is 0.172. The number of fused-ring (bicyclic) bond motifs is 1.